The van der Waals surface area contributed by atoms with Crippen molar-refractivity contribution in [2.75, 3.05) is 62.5 Å². The lowest BCUT2D eigenvalue weighted by Crippen LogP contribution is -2.46. The number of unbranched alkanes of at least 4 members (excludes halogenated alkanes) is 1. The lowest BCUT2D eigenvalue weighted by Gasteiger charge is -2.36. The maximum atomic E-state index is 12.5. The van der Waals surface area contributed by atoms with Gasteiger partial charge in [-0.3, -0.25) is 14.6 Å². The molecular weight excluding hydrogens is 559 g/mol. The number of amides is 1. The van der Waals surface area contributed by atoms with E-state index in [-0.39, 0.29) is 12.3 Å². The summed E-state index contributed by atoms with van der Waals surface area (Å²) in [5.41, 5.74) is 2.69. The van der Waals surface area contributed by atoms with Gasteiger partial charge in [0.05, 0.1) is 12.3 Å². The number of nitrogens with zero attached hydrogens (tertiary/aromatic N) is 3. The van der Waals surface area contributed by atoms with Gasteiger partial charge in [-0.2, -0.15) is 13.2 Å². The van der Waals surface area contributed by atoms with Crippen molar-refractivity contribution in [3.8, 4) is 5.75 Å². The Labute approximate surface area is 240 Å². The third-order valence-corrected chi connectivity index (χ3v) is 8.13. The molecule has 2 aliphatic heterocycles. The molecule has 2 aliphatic rings. The second-order valence-corrected chi connectivity index (χ2v) is 11.0. The van der Waals surface area contributed by atoms with E-state index in [2.05, 4.69) is 44.2 Å². The van der Waals surface area contributed by atoms with E-state index in [9.17, 15) is 22.8 Å². The number of benzene rings is 2. The van der Waals surface area contributed by atoms with Gasteiger partial charge < -0.3 is 19.1 Å². The Kier molecular flexibility index (Phi) is 9.19. The molecule has 5 rings (SSSR count). The number of thiophene rings is 1. The first kappa shape index (κ1) is 29.0. The minimum atomic E-state index is -4.66. The molecule has 0 aliphatic carbocycles. The zero-order valence-electron chi connectivity index (χ0n) is 22.5. The van der Waals surface area contributed by atoms with Crippen molar-refractivity contribution in [1.29, 1.82) is 0 Å². The number of aryl methyl sites for hydroxylation is 1. The molecule has 3 aromatic rings. The molecular formula is C29H32F3N3O5S. The molecule has 2 aromatic carbocycles. The quantitative estimate of drug-likeness (QED) is 0.217. The number of rotatable bonds is 10. The summed E-state index contributed by atoms with van der Waals surface area (Å²) < 4.78 is 52.8. The predicted molar refractivity (Wildman–Crippen MR) is 151 cm³/mol. The number of carbonyl (C=O) groups excluding carboxylic acids is 2. The Bertz CT molecular complexity index is 1360. The van der Waals surface area contributed by atoms with Gasteiger partial charge >= 0.3 is 12.3 Å². The molecule has 0 unspecified atom stereocenters. The Morgan fingerprint density at radius 1 is 0.951 bits per heavy atom. The van der Waals surface area contributed by atoms with Gasteiger partial charge in [0.25, 0.3) is 0 Å². The summed E-state index contributed by atoms with van der Waals surface area (Å²) in [5, 5.41) is 3.47. The number of anilines is 2. The van der Waals surface area contributed by atoms with E-state index in [0.717, 1.165) is 51.1 Å². The standard InChI is InChI=1S/C29H32F3N3O5S/c30-29(31,32)19-39-28(37)40-20-35-25-18-22(8-6-21(25)7-9-27(35)36)38-16-2-1-11-33-12-14-34(15-13-33)24-4-3-5-26-23(24)10-17-41-26/h3-6,8,10,17-18H,1-2,7,9,11-16,19-20H2. The van der Waals surface area contributed by atoms with Crippen molar-refractivity contribution in [3.63, 3.8) is 0 Å². The van der Waals surface area contributed by atoms with E-state index in [1.807, 2.05) is 12.1 Å². The zero-order chi connectivity index (χ0) is 28.8. The first-order chi connectivity index (χ1) is 19.8. The summed E-state index contributed by atoms with van der Waals surface area (Å²) in [4.78, 5) is 30.2. The third-order valence-electron chi connectivity index (χ3n) is 7.25. The van der Waals surface area contributed by atoms with Gasteiger partial charge in [0, 0.05) is 54.4 Å². The number of hydrogen-bond acceptors (Lipinski definition) is 8. The first-order valence-corrected chi connectivity index (χ1v) is 14.5. The molecule has 220 valence electrons. The second kappa shape index (κ2) is 13.0. The highest BCUT2D eigenvalue weighted by molar-refractivity contribution is 7.17. The Morgan fingerprint density at radius 3 is 2.59 bits per heavy atom. The van der Waals surface area contributed by atoms with E-state index in [4.69, 9.17) is 9.47 Å². The third kappa shape index (κ3) is 7.62. The summed E-state index contributed by atoms with van der Waals surface area (Å²) in [6.07, 6.45) is -3.58. The molecule has 3 heterocycles. The van der Waals surface area contributed by atoms with Gasteiger partial charge in [0.15, 0.2) is 13.3 Å². The van der Waals surface area contributed by atoms with E-state index in [1.54, 1.807) is 17.4 Å². The zero-order valence-corrected chi connectivity index (χ0v) is 23.3. The van der Waals surface area contributed by atoms with Gasteiger partial charge in [-0.05, 0) is 61.0 Å². The van der Waals surface area contributed by atoms with E-state index >= 15 is 0 Å². The van der Waals surface area contributed by atoms with Crippen LogP contribution in [0, 0.1) is 0 Å². The van der Waals surface area contributed by atoms with Crippen LogP contribution in [0.4, 0.5) is 29.3 Å². The molecule has 0 bridgehead atoms. The monoisotopic (exact) mass is 591 g/mol. The van der Waals surface area contributed by atoms with Gasteiger partial charge in [-0.15, -0.1) is 11.3 Å². The topological polar surface area (TPSA) is 71.6 Å². The Balaban J connectivity index is 1.04. The van der Waals surface area contributed by atoms with E-state index < -0.39 is 25.7 Å². The molecule has 1 amide bonds. The summed E-state index contributed by atoms with van der Waals surface area (Å²) in [5.74, 6) is 0.268. The number of halogens is 3. The molecule has 0 atom stereocenters. The smallest absolute Gasteiger partial charge is 0.494 e. The van der Waals surface area contributed by atoms with Crippen LogP contribution in [0.2, 0.25) is 0 Å². The van der Waals surface area contributed by atoms with Crippen LogP contribution in [-0.4, -0.2) is 75.8 Å². The molecule has 12 heteroatoms. The van der Waals surface area contributed by atoms with E-state index in [0.29, 0.717) is 24.5 Å². The summed E-state index contributed by atoms with van der Waals surface area (Å²) in [7, 11) is 0. The molecule has 8 nitrogen and oxygen atoms in total. The minimum Gasteiger partial charge on any atom is -0.494 e. The number of carbonyl (C=O) groups is 2. The number of ether oxygens (including phenoxy) is 3. The Morgan fingerprint density at radius 2 is 1.78 bits per heavy atom. The summed E-state index contributed by atoms with van der Waals surface area (Å²) in [6, 6.07) is 14.1. The highest BCUT2D eigenvalue weighted by atomic mass is 32.1. The summed E-state index contributed by atoms with van der Waals surface area (Å²) in [6.45, 7) is 3.24. The van der Waals surface area contributed by atoms with Gasteiger partial charge in [0.2, 0.25) is 5.91 Å². The maximum absolute atomic E-state index is 12.5. The molecule has 0 radical (unpaired) electrons. The number of hydrogen-bond donors (Lipinski definition) is 0. The lowest BCUT2D eigenvalue weighted by molar-refractivity contribution is -0.165. The predicted octanol–water partition coefficient (Wildman–Crippen LogP) is 5.83. The highest BCUT2D eigenvalue weighted by Crippen LogP contribution is 2.33. The fourth-order valence-corrected chi connectivity index (χ4v) is 5.95. The molecule has 1 fully saturated rings. The average Bonchev–Trinajstić information content (AvgIpc) is 3.45. The number of piperazine rings is 1. The van der Waals surface area contributed by atoms with Crippen LogP contribution >= 0.6 is 11.3 Å². The van der Waals surface area contributed by atoms with Crippen LogP contribution in [-0.2, 0) is 20.7 Å². The molecule has 1 saturated heterocycles. The molecule has 41 heavy (non-hydrogen) atoms. The normalized spacial score (nSPS) is 16.1. The second-order valence-electron chi connectivity index (χ2n) is 10.0. The minimum absolute atomic E-state index is 0.200. The fourth-order valence-electron chi connectivity index (χ4n) is 5.14. The van der Waals surface area contributed by atoms with Crippen molar-refractivity contribution in [1.82, 2.24) is 4.90 Å². The van der Waals surface area contributed by atoms with Crippen LogP contribution in [0.3, 0.4) is 0 Å². The SMILES string of the molecule is O=C(OCN1C(=O)CCc2ccc(OCCCCN3CCN(c4cccc5sccc45)CC3)cc21)OCC(F)(F)F. The molecule has 1 aromatic heterocycles. The van der Waals surface area contributed by atoms with Crippen LogP contribution < -0.4 is 14.5 Å². The van der Waals surface area contributed by atoms with Crippen LogP contribution in [0.15, 0.2) is 47.8 Å². The molecule has 0 N–H and O–H groups in total. The lowest BCUT2D eigenvalue weighted by atomic mass is 10.0. The van der Waals surface area contributed by atoms with Crippen LogP contribution in [0.25, 0.3) is 10.1 Å². The van der Waals surface area contributed by atoms with Gasteiger partial charge in [-0.1, -0.05) is 12.1 Å². The van der Waals surface area contributed by atoms with Crippen molar-refractivity contribution < 1.29 is 37.0 Å². The van der Waals surface area contributed by atoms with Crippen molar-refractivity contribution in [2.45, 2.75) is 31.9 Å². The van der Waals surface area contributed by atoms with Crippen LogP contribution in [0.5, 0.6) is 5.75 Å². The Hall–Kier alpha value is -3.51. The van der Waals surface area contributed by atoms with Gasteiger partial charge in [-0.25, -0.2) is 4.79 Å². The number of fused-ring (bicyclic) bond motifs is 2. The van der Waals surface area contributed by atoms with E-state index in [1.165, 1.54) is 20.7 Å². The highest BCUT2D eigenvalue weighted by Gasteiger charge is 2.31. The molecule has 0 saturated carbocycles. The largest absolute Gasteiger partial charge is 0.510 e. The number of alkyl halides is 3. The van der Waals surface area contributed by atoms with Gasteiger partial charge in [0.1, 0.15) is 5.75 Å². The summed E-state index contributed by atoms with van der Waals surface area (Å²) >= 11 is 1.77. The van der Waals surface area contributed by atoms with Crippen molar-refractivity contribution in [2.24, 2.45) is 0 Å². The molecule has 0 spiro atoms. The van der Waals surface area contributed by atoms with Crippen molar-refractivity contribution >= 4 is 44.9 Å². The first-order valence-electron chi connectivity index (χ1n) is 13.6. The van der Waals surface area contributed by atoms with Crippen LogP contribution in [0.1, 0.15) is 24.8 Å². The average molecular weight is 592 g/mol. The van der Waals surface area contributed by atoms with Crippen molar-refractivity contribution in [3.05, 3.63) is 53.4 Å². The fraction of sp³-hybridized carbons (Fsp3) is 0.448. The maximum Gasteiger partial charge on any atom is 0.510 e.